The van der Waals surface area contributed by atoms with Crippen molar-refractivity contribution in [3.63, 3.8) is 0 Å². The maximum Gasteiger partial charge on any atom is 0.314 e. The van der Waals surface area contributed by atoms with Crippen molar-refractivity contribution in [2.24, 2.45) is 11.7 Å². The lowest BCUT2D eigenvalue weighted by atomic mass is 9.85. The molecule has 0 aliphatic carbocycles. The van der Waals surface area contributed by atoms with Gasteiger partial charge in [-0.15, -0.1) is 0 Å². The van der Waals surface area contributed by atoms with Gasteiger partial charge < -0.3 is 20.3 Å². The highest BCUT2D eigenvalue weighted by atomic mass is 16.6. The zero-order chi connectivity index (χ0) is 17.1. The molecule has 2 rings (SSSR count). The van der Waals surface area contributed by atoms with Crippen LogP contribution in [0.1, 0.15) is 39.2 Å². The molecular weight excluding hydrogens is 294 g/mol. The molecule has 3 unspecified atom stereocenters. The van der Waals surface area contributed by atoms with E-state index < -0.39 is 29.3 Å². The average molecular weight is 321 g/mol. The second kappa shape index (κ2) is 6.99. The molecule has 5 nitrogen and oxygen atoms in total. The first-order chi connectivity index (χ1) is 10.7. The summed E-state index contributed by atoms with van der Waals surface area (Å²) in [5, 5.41) is 10.9. The summed E-state index contributed by atoms with van der Waals surface area (Å²) >= 11 is 0. The summed E-state index contributed by atoms with van der Waals surface area (Å²) in [6.45, 7) is 5.95. The van der Waals surface area contributed by atoms with E-state index in [2.05, 4.69) is 0 Å². The Kier molecular flexibility index (Phi) is 5.45. The van der Waals surface area contributed by atoms with Crippen molar-refractivity contribution in [2.45, 2.75) is 57.5 Å². The zero-order valence-corrected chi connectivity index (χ0v) is 14.1. The fourth-order valence-electron chi connectivity index (χ4n) is 2.83. The summed E-state index contributed by atoms with van der Waals surface area (Å²) in [4.78, 5) is 12.6. The number of benzene rings is 1. The Morgan fingerprint density at radius 2 is 2.04 bits per heavy atom. The monoisotopic (exact) mass is 321 g/mol. The summed E-state index contributed by atoms with van der Waals surface area (Å²) < 4.78 is 11.0. The molecule has 23 heavy (non-hydrogen) atoms. The van der Waals surface area contributed by atoms with Gasteiger partial charge in [-0.3, -0.25) is 4.79 Å². The SMILES string of the molecule is CC(C)(C)OC(=O)C(Cc1ccccc1)C(N)(O)C1CCCO1. The van der Waals surface area contributed by atoms with Crippen LogP contribution in [0.25, 0.3) is 0 Å². The van der Waals surface area contributed by atoms with Gasteiger partial charge in [-0.1, -0.05) is 30.3 Å². The van der Waals surface area contributed by atoms with Crippen molar-refractivity contribution in [3.8, 4) is 0 Å². The third-order valence-corrected chi connectivity index (χ3v) is 3.98. The molecule has 0 amide bonds. The molecule has 5 heteroatoms. The maximum atomic E-state index is 12.6. The second-order valence-electron chi connectivity index (χ2n) is 7.16. The minimum Gasteiger partial charge on any atom is -0.460 e. The number of ether oxygens (including phenoxy) is 2. The Morgan fingerprint density at radius 3 is 2.57 bits per heavy atom. The molecule has 1 fully saturated rings. The van der Waals surface area contributed by atoms with Crippen LogP contribution in [0.3, 0.4) is 0 Å². The first-order valence-corrected chi connectivity index (χ1v) is 8.10. The molecule has 0 spiro atoms. The van der Waals surface area contributed by atoms with Crippen LogP contribution in [0.5, 0.6) is 0 Å². The average Bonchev–Trinajstić information content (AvgIpc) is 2.98. The molecule has 0 aromatic heterocycles. The van der Waals surface area contributed by atoms with Crippen LogP contribution < -0.4 is 5.73 Å². The highest BCUT2D eigenvalue weighted by Gasteiger charge is 2.47. The summed E-state index contributed by atoms with van der Waals surface area (Å²) in [6.07, 6.45) is 1.23. The Labute approximate surface area is 137 Å². The van der Waals surface area contributed by atoms with Crippen LogP contribution in [0.15, 0.2) is 30.3 Å². The van der Waals surface area contributed by atoms with E-state index in [4.69, 9.17) is 15.2 Å². The molecule has 0 saturated carbocycles. The number of rotatable bonds is 5. The Hall–Kier alpha value is -1.43. The first-order valence-electron chi connectivity index (χ1n) is 8.10. The van der Waals surface area contributed by atoms with Crippen molar-refractivity contribution in [1.82, 2.24) is 0 Å². The number of aliphatic hydroxyl groups is 1. The van der Waals surface area contributed by atoms with Gasteiger partial charge in [0.1, 0.15) is 17.6 Å². The molecule has 128 valence electrons. The highest BCUT2D eigenvalue weighted by molar-refractivity contribution is 5.74. The largest absolute Gasteiger partial charge is 0.460 e. The number of carbonyl (C=O) groups is 1. The first kappa shape index (κ1) is 17.9. The fourth-order valence-corrected chi connectivity index (χ4v) is 2.83. The van der Waals surface area contributed by atoms with Crippen LogP contribution in [0.4, 0.5) is 0 Å². The molecule has 1 aromatic rings. The maximum absolute atomic E-state index is 12.6. The van der Waals surface area contributed by atoms with E-state index in [0.717, 1.165) is 12.0 Å². The summed E-state index contributed by atoms with van der Waals surface area (Å²) in [5.41, 5.74) is 4.69. The molecule has 0 radical (unpaired) electrons. The van der Waals surface area contributed by atoms with E-state index in [1.54, 1.807) is 20.8 Å². The smallest absolute Gasteiger partial charge is 0.314 e. The van der Waals surface area contributed by atoms with E-state index in [-0.39, 0.29) is 0 Å². The van der Waals surface area contributed by atoms with Crippen molar-refractivity contribution < 1.29 is 19.4 Å². The topological polar surface area (TPSA) is 81.8 Å². The molecule has 1 aliphatic rings. The third-order valence-electron chi connectivity index (χ3n) is 3.98. The van der Waals surface area contributed by atoms with Gasteiger partial charge in [-0.05, 0) is 45.6 Å². The molecule has 1 heterocycles. The lowest BCUT2D eigenvalue weighted by molar-refractivity contribution is -0.180. The van der Waals surface area contributed by atoms with Gasteiger partial charge in [-0.25, -0.2) is 0 Å². The van der Waals surface area contributed by atoms with E-state index >= 15 is 0 Å². The predicted molar refractivity (Wildman–Crippen MR) is 87.6 cm³/mol. The Balaban J connectivity index is 2.24. The van der Waals surface area contributed by atoms with E-state index in [9.17, 15) is 9.90 Å². The van der Waals surface area contributed by atoms with Gasteiger partial charge >= 0.3 is 5.97 Å². The quantitative estimate of drug-likeness (QED) is 0.640. The van der Waals surface area contributed by atoms with Gasteiger partial charge in [0, 0.05) is 6.61 Å². The van der Waals surface area contributed by atoms with Crippen molar-refractivity contribution in [1.29, 1.82) is 0 Å². The number of carbonyl (C=O) groups excluding carboxylic acids is 1. The van der Waals surface area contributed by atoms with Crippen LogP contribution >= 0.6 is 0 Å². The number of hydrogen-bond acceptors (Lipinski definition) is 5. The van der Waals surface area contributed by atoms with Crippen LogP contribution in [0.2, 0.25) is 0 Å². The van der Waals surface area contributed by atoms with E-state index in [0.29, 0.717) is 19.4 Å². The molecule has 1 aliphatic heterocycles. The minimum atomic E-state index is -1.76. The van der Waals surface area contributed by atoms with Crippen molar-refractivity contribution >= 4 is 5.97 Å². The molecule has 0 bridgehead atoms. The van der Waals surface area contributed by atoms with Crippen LogP contribution in [-0.4, -0.2) is 35.1 Å². The Morgan fingerprint density at radius 1 is 1.39 bits per heavy atom. The summed E-state index contributed by atoms with van der Waals surface area (Å²) in [5.74, 6) is -1.38. The van der Waals surface area contributed by atoms with Crippen LogP contribution in [0, 0.1) is 5.92 Å². The highest BCUT2D eigenvalue weighted by Crippen LogP contribution is 2.30. The van der Waals surface area contributed by atoms with Gasteiger partial charge in [-0.2, -0.15) is 0 Å². The van der Waals surface area contributed by atoms with Gasteiger partial charge in [0.25, 0.3) is 0 Å². The standard InChI is InChI=1S/C18H27NO4/c1-17(2,3)23-16(20)14(12-13-8-5-4-6-9-13)18(19,21)15-10-7-11-22-15/h4-6,8-9,14-15,21H,7,10-12,19H2,1-3H3. The fraction of sp³-hybridized carbons (Fsp3) is 0.611. The summed E-state index contributed by atoms with van der Waals surface area (Å²) in [7, 11) is 0. The number of nitrogens with two attached hydrogens (primary N) is 1. The third kappa shape index (κ3) is 4.77. The van der Waals surface area contributed by atoms with E-state index in [1.165, 1.54) is 0 Å². The zero-order valence-electron chi connectivity index (χ0n) is 14.1. The predicted octanol–water partition coefficient (Wildman–Crippen LogP) is 2.01. The molecule has 3 N–H and O–H groups in total. The number of hydrogen-bond donors (Lipinski definition) is 2. The summed E-state index contributed by atoms with van der Waals surface area (Å²) in [6, 6.07) is 9.50. The van der Waals surface area contributed by atoms with Gasteiger partial charge in [0.05, 0.1) is 0 Å². The number of esters is 1. The molecule has 1 saturated heterocycles. The lowest BCUT2D eigenvalue weighted by Gasteiger charge is -2.36. The van der Waals surface area contributed by atoms with Gasteiger partial charge in [0.15, 0.2) is 5.72 Å². The van der Waals surface area contributed by atoms with E-state index in [1.807, 2.05) is 30.3 Å². The lowest BCUT2D eigenvalue weighted by Crippen LogP contribution is -2.60. The molecular formula is C18H27NO4. The van der Waals surface area contributed by atoms with Crippen molar-refractivity contribution in [3.05, 3.63) is 35.9 Å². The molecule has 1 aromatic carbocycles. The second-order valence-corrected chi connectivity index (χ2v) is 7.16. The van der Waals surface area contributed by atoms with Gasteiger partial charge in [0.2, 0.25) is 0 Å². The van der Waals surface area contributed by atoms with Crippen molar-refractivity contribution in [2.75, 3.05) is 6.61 Å². The Bertz CT molecular complexity index is 516. The minimum absolute atomic E-state index is 0.308. The normalized spacial score (nSPS) is 22.4. The molecule has 3 atom stereocenters. The van der Waals surface area contributed by atoms with Crippen LogP contribution in [-0.2, 0) is 20.7 Å².